The Morgan fingerprint density at radius 1 is 1.00 bits per heavy atom. The van der Waals surface area contributed by atoms with Gasteiger partial charge in [0.2, 0.25) is 15.9 Å². The summed E-state index contributed by atoms with van der Waals surface area (Å²) in [4.78, 5) is 17.8. The highest BCUT2D eigenvalue weighted by Crippen LogP contribution is 2.30. The van der Waals surface area contributed by atoms with Gasteiger partial charge in [-0.05, 0) is 56.0 Å². The van der Waals surface area contributed by atoms with Crippen LogP contribution in [0.5, 0.6) is 5.75 Å². The highest BCUT2D eigenvalue weighted by atomic mass is 32.2. The van der Waals surface area contributed by atoms with E-state index in [0.717, 1.165) is 42.1 Å². The number of anilines is 1. The Morgan fingerprint density at radius 2 is 1.73 bits per heavy atom. The van der Waals surface area contributed by atoms with Gasteiger partial charge in [0, 0.05) is 39.3 Å². The van der Waals surface area contributed by atoms with Gasteiger partial charge >= 0.3 is 0 Å². The first kappa shape index (κ1) is 23.6. The molecule has 2 aromatic rings. The maximum atomic E-state index is 13.3. The molecule has 0 spiro atoms. The Hall–Kier alpha value is -2.58. The minimum Gasteiger partial charge on any atom is -0.495 e. The standard InChI is InChI=1S/C25H33N3O4S/c1-19-10-11-20(2)24(17-19)33(30,31)28-12-6-7-21(18-28)25(29)27-15-13-26(14-16-27)22-8-4-5-9-23(22)32-3/h4-5,8-11,17,21H,6-7,12-16,18H2,1-3H3. The molecule has 2 aromatic carbocycles. The van der Waals surface area contributed by atoms with Crippen molar-refractivity contribution in [3.8, 4) is 5.75 Å². The number of carbonyl (C=O) groups is 1. The van der Waals surface area contributed by atoms with E-state index in [1.807, 2.05) is 55.1 Å². The lowest BCUT2D eigenvalue weighted by molar-refractivity contribution is -0.137. The molecule has 0 N–H and O–H groups in total. The predicted octanol–water partition coefficient (Wildman–Crippen LogP) is 3.06. The Balaban J connectivity index is 1.42. The molecule has 2 aliphatic heterocycles. The van der Waals surface area contributed by atoms with Crippen molar-refractivity contribution in [1.82, 2.24) is 9.21 Å². The van der Waals surface area contributed by atoms with E-state index < -0.39 is 10.0 Å². The summed E-state index contributed by atoms with van der Waals surface area (Å²) >= 11 is 0. The fourth-order valence-electron chi connectivity index (χ4n) is 4.80. The van der Waals surface area contributed by atoms with Crippen molar-refractivity contribution in [1.29, 1.82) is 0 Å². The van der Waals surface area contributed by atoms with Gasteiger partial charge in [-0.1, -0.05) is 24.3 Å². The molecule has 2 heterocycles. The number of piperidine rings is 1. The van der Waals surface area contributed by atoms with Crippen molar-refractivity contribution in [3.63, 3.8) is 0 Å². The fourth-order valence-corrected chi connectivity index (χ4v) is 6.64. The van der Waals surface area contributed by atoms with Crippen LogP contribution in [0.3, 0.4) is 0 Å². The Labute approximate surface area is 197 Å². The quantitative estimate of drug-likeness (QED) is 0.670. The monoisotopic (exact) mass is 471 g/mol. The van der Waals surface area contributed by atoms with Gasteiger partial charge in [0.05, 0.1) is 23.6 Å². The SMILES string of the molecule is COc1ccccc1N1CCN(C(=O)C2CCCN(S(=O)(=O)c3cc(C)ccc3C)C2)CC1. The molecule has 2 fully saturated rings. The molecule has 33 heavy (non-hydrogen) atoms. The lowest BCUT2D eigenvalue weighted by atomic mass is 9.97. The zero-order valence-electron chi connectivity index (χ0n) is 19.7. The first-order valence-electron chi connectivity index (χ1n) is 11.6. The van der Waals surface area contributed by atoms with Gasteiger partial charge in [0.15, 0.2) is 0 Å². The molecule has 0 aromatic heterocycles. The van der Waals surface area contributed by atoms with Crippen molar-refractivity contribution in [3.05, 3.63) is 53.6 Å². The molecule has 0 aliphatic carbocycles. The molecule has 1 unspecified atom stereocenters. The van der Waals surface area contributed by atoms with Crippen molar-refractivity contribution >= 4 is 21.6 Å². The third kappa shape index (κ3) is 4.87. The highest BCUT2D eigenvalue weighted by molar-refractivity contribution is 7.89. The average Bonchev–Trinajstić information content (AvgIpc) is 2.85. The lowest BCUT2D eigenvalue weighted by Crippen LogP contribution is -2.53. The number of nitrogens with zero attached hydrogens (tertiary/aromatic N) is 3. The fraction of sp³-hybridized carbons (Fsp3) is 0.480. The normalized spacial score (nSPS) is 20.0. The topological polar surface area (TPSA) is 70.2 Å². The van der Waals surface area contributed by atoms with Gasteiger partial charge in [0.1, 0.15) is 5.75 Å². The van der Waals surface area contributed by atoms with E-state index in [-0.39, 0.29) is 18.4 Å². The summed E-state index contributed by atoms with van der Waals surface area (Å²) in [6.07, 6.45) is 1.42. The largest absolute Gasteiger partial charge is 0.495 e. The van der Waals surface area contributed by atoms with Gasteiger partial charge in [0.25, 0.3) is 0 Å². The summed E-state index contributed by atoms with van der Waals surface area (Å²) in [5, 5.41) is 0. The van der Waals surface area contributed by atoms with Gasteiger partial charge in [-0.2, -0.15) is 4.31 Å². The summed E-state index contributed by atoms with van der Waals surface area (Å²) in [7, 11) is -1.96. The van der Waals surface area contributed by atoms with Crippen LogP contribution in [0.4, 0.5) is 5.69 Å². The van der Waals surface area contributed by atoms with Crippen molar-refractivity contribution in [2.75, 3.05) is 51.3 Å². The van der Waals surface area contributed by atoms with Crippen molar-refractivity contribution in [2.24, 2.45) is 5.92 Å². The van der Waals surface area contributed by atoms with E-state index in [1.54, 1.807) is 13.2 Å². The summed E-state index contributed by atoms with van der Waals surface area (Å²) in [6.45, 7) is 7.12. The molecule has 2 aliphatic rings. The van der Waals surface area contributed by atoms with Crippen LogP contribution in [0.15, 0.2) is 47.4 Å². The van der Waals surface area contributed by atoms with Crippen LogP contribution in [-0.2, 0) is 14.8 Å². The minimum absolute atomic E-state index is 0.0653. The van der Waals surface area contributed by atoms with Crippen LogP contribution < -0.4 is 9.64 Å². The highest BCUT2D eigenvalue weighted by Gasteiger charge is 2.36. The van der Waals surface area contributed by atoms with Crippen LogP contribution in [0.25, 0.3) is 0 Å². The first-order valence-corrected chi connectivity index (χ1v) is 13.0. The maximum Gasteiger partial charge on any atom is 0.243 e. The van der Waals surface area contributed by atoms with Gasteiger partial charge < -0.3 is 14.5 Å². The number of rotatable bonds is 5. The van der Waals surface area contributed by atoms with Crippen LogP contribution in [0.1, 0.15) is 24.0 Å². The summed E-state index contributed by atoms with van der Waals surface area (Å²) in [6, 6.07) is 13.4. The molecule has 1 amide bonds. The van der Waals surface area contributed by atoms with E-state index in [9.17, 15) is 13.2 Å². The third-order valence-corrected chi connectivity index (χ3v) is 8.72. The predicted molar refractivity (Wildman–Crippen MR) is 129 cm³/mol. The second-order valence-corrected chi connectivity index (χ2v) is 10.9. The number of aryl methyl sites for hydroxylation is 2. The number of sulfonamides is 1. The lowest BCUT2D eigenvalue weighted by Gasteiger charge is -2.39. The molecule has 7 nitrogen and oxygen atoms in total. The van der Waals surface area contributed by atoms with Crippen LogP contribution >= 0.6 is 0 Å². The number of methoxy groups -OCH3 is 1. The number of benzene rings is 2. The van der Waals surface area contributed by atoms with Crippen molar-refractivity contribution in [2.45, 2.75) is 31.6 Å². The van der Waals surface area contributed by atoms with E-state index >= 15 is 0 Å². The van der Waals surface area contributed by atoms with Crippen LogP contribution in [0.2, 0.25) is 0 Å². The number of carbonyl (C=O) groups excluding carboxylic acids is 1. The average molecular weight is 472 g/mol. The second kappa shape index (κ2) is 9.73. The minimum atomic E-state index is -3.62. The number of para-hydroxylation sites is 2. The molecule has 0 radical (unpaired) electrons. The molecule has 0 bridgehead atoms. The smallest absolute Gasteiger partial charge is 0.243 e. The Bertz CT molecular complexity index is 1110. The number of ether oxygens (including phenoxy) is 1. The van der Waals surface area contributed by atoms with Crippen LogP contribution in [-0.4, -0.2) is 69.9 Å². The van der Waals surface area contributed by atoms with Gasteiger partial charge in [-0.25, -0.2) is 8.42 Å². The summed E-state index contributed by atoms with van der Waals surface area (Å²) < 4.78 is 33.7. The molecule has 0 saturated carbocycles. The van der Waals surface area contributed by atoms with E-state index in [1.165, 1.54) is 4.31 Å². The molecule has 178 valence electrons. The summed E-state index contributed by atoms with van der Waals surface area (Å²) in [5.74, 6) is 0.601. The molecular formula is C25H33N3O4S. The van der Waals surface area contributed by atoms with Crippen molar-refractivity contribution < 1.29 is 17.9 Å². The van der Waals surface area contributed by atoms with E-state index in [2.05, 4.69) is 4.90 Å². The third-order valence-electron chi connectivity index (χ3n) is 6.71. The molecule has 2 saturated heterocycles. The van der Waals surface area contributed by atoms with Crippen LogP contribution in [0, 0.1) is 19.8 Å². The van der Waals surface area contributed by atoms with Gasteiger partial charge in [-0.3, -0.25) is 4.79 Å². The zero-order chi connectivity index (χ0) is 23.6. The molecule has 4 rings (SSSR count). The molecular weight excluding hydrogens is 438 g/mol. The first-order chi connectivity index (χ1) is 15.8. The number of hydrogen-bond acceptors (Lipinski definition) is 5. The maximum absolute atomic E-state index is 13.3. The Kier molecular flexibility index (Phi) is 6.95. The molecule has 8 heteroatoms. The molecule has 1 atom stereocenters. The second-order valence-electron chi connectivity index (χ2n) is 8.96. The Morgan fingerprint density at radius 3 is 2.45 bits per heavy atom. The number of amides is 1. The number of hydrogen-bond donors (Lipinski definition) is 0. The van der Waals surface area contributed by atoms with Gasteiger partial charge in [-0.15, -0.1) is 0 Å². The summed E-state index contributed by atoms with van der Waals surface area (Å²) in [5.41, 5.74) is 2.69. The van der Waals surface area contributed by atoms with E-state index in [0.29, 0.717) is 31.0 Å². The number of piperazine rings is 1. The zero-order valence-corrected chi connectivity index (χ0v) is 20.5. The van der Waals surface area contributed by atoms with E-state index in [4.69, 9.17) is 4.74 Å².